The van der Waals surface area contributed by atoms with Crippen LogP contribution in [-0.4, -0.2) is 33.4 Å². The van der Waals surface area contributed by atoms with Crippen molar-refractivity contribution in [1.82, 2.24) is 0 Å². The van der Waals surface area contributed by atoms with E-state index in [1.165, 1.54) is 48.5 Å². The van der Waals surface area contributed by atoms with Gasteiger partial charge in [0.1, 0.15) is 24.8 Å². The molecule has 0 bridgehead atoms. The topological polar surface area (TPSA) is 113 Å². The molecule has 0 amide bonds. The first-order valence-electron chi connectivity index (χ1n) is 7.96. The summed E-state index contributed by atoms with van der Waals surface area (Å²) in [6.45, 7) is 0.0346. The van der Waals surface area contributed by atoms with Gasteiger partial charge in [-0.05, 0) is 48.5 Å². The fourth-order valence-electron chi connectivity index (χ4n) is 2.11. The van der Waals surface area contributed by atoms with Crippen LogP contribution in [0.5, 0.6) is 5.75 Å². The summed E-state index contributed by atoms with van der Waals surface area (Å²) < 4.78 is 45.3. The van der Waals surface area contributed by atoms with Gasteiger partial charge in [-0.25, -0.2) is 17.9 Å². The average Bonchev–Trinajstić information content (AvgIpc) is 2.63. The largest absolute Gasteiger partial charge is 0.490 e. The molecule has 9 heteroatoms. The molecule has 0 unspecified atom stereocenters. The lowest BCUT2D eigenvalue weighted by Crippen LogP contribution is -2.14. The molecule has 2 aromatic rings. The molecule has 0 aliphatic rings. The number of Topliss-reactive ketones (excluding diaryl/α,β-unsaturated/α-hetero) is 1. The summed E-state index contributed by atoms with van der Waals surface area (Å²) in [7, 11) is -3.76. The van der Waals surface area contributed by atoms with E-state index >= 15 is 0 Å². The first kappa shape index (κ1) is 20.5. The monoisotopic (exact) mass is 395 g/mol. The number of ketones is 1. The summed E-state index contributed by atoms with van der Waals surface area (Å²) in [5, 5.41) is 4.99. The highest BCUT2D eigenvalue weighted by Gasteiger charge is 2.11. The molecule has 0 heterocycles. The second-order valence-electron chi connectivity index (χ2n) is 5.52. The number of benzene rings is 2. The van der Waals surface area contributed by atoms with Gasteiger partial charge in [-0.1, -0.05) is 0 Å². The SMILES string of the molecule is NS(=O)(=O)c1ccc(OCCOC(=O)CCC(=O)c2ccc(F)cc2)cc1. The van der Waals surface area contributed by atoms with Crippen LogP contribution in [0.3, 0.4) is 0 Å². The zero-order valence-electron chi connectivity index (χ0n) is 14.3. The van der Waals surface area contributed by atoms with E-state index in [-0.39, 0.29) is 36.7 Å². The highest BCUT2D eigenvalue weighted by atomic mass is 32.2. The van der Waals surface area contributed by atoms with E-state index in [9.17, 15) is 22.4 Å². The van der Waals surface area contributed by atoms with Crippen LogP contribution in [0.15, 0.2) is 53.4 Å². The van der Waals surface area contributed by atoms with E-state index in [0.717, 1.165) is 0 Å². The Bertz CT molecular complexity index is 894. The molecule has 0 spiro atoms. The number of rotatable bonds is 9. The average molecular weight is 395 g/mol. The minimum Gasteiger partial charge on any atom is -0.490 e. The minimum atomic E-state index is -3.76. The van der Waals surface area contributed by atoms with Crippen LogP contribution in [0, 0.1) is 5.82 Å². The van der Waals surface area contributed by atoms with Crippen molar-refractivity contribution in [2.75, 3.05) is 13.2 Å². The van der Waals surface area contributed by atoms with Crippen molar-refractivity contribution in [3.63, 3.8) is 0 Å². The number of hydrogen-bond acceptors (Lipinski definition) is 6. The number of nitrogens with two attached hydrogens (primary N) is 1. The van der Waals surface area contributed by atoms with Crippen molar-refractivity contribution < 1.29 is 31.9 Å². The molecular weight excluding hydrogens is 377 g/mol. The normalized spacial score (nSPS) is 11.0. The second kappa shape index (κ2) is 9.24. The first-order chi connectivity index (χ1) is 12.8. The quantitative estimate of drug-likeness (QED) is 0.395. The van der Waals surface area contributed by atoms with Gasteiger partial charge in [0.2, 0.25) is 10.0 Å². The van der Waals surface area contributed by atoms with Crippen LogP contribution in [0.1, 0.15) is 23.2 Å². The van der Waals surface area contributed by atoms with Crippen LogP contribution in [0.2, 0.25) is 0 Å². The Labute approximate surface area is 155 Å². The van der Waals surface area contributed by atoms with Gasteiger partial charge >= 0.3 is 5.97 Å². The molecule has 0 fully saturated rings. The number of carbonyl (C=O) groups is 2. The van der Waals surface area contributed by atoms with Crippen LogP contribution in [-0.2, 0) is 19.6 Å². The molecule has 7 nitrogen and oxygen atoms in total. The van der Waals surface area contributed by atoms with E-state index in [1.54, 1.807) is 0 Å². The first-order valence-corrected chi connectivity index (χ1v) is 9.50. The number of esters is 1. The van der Waals surface area contributed by atoms with Gasteiger partial charge < -0.3 is 9.47 Å². The van der Waals surface area contributed by atoms with Crippen molar-refractivity contribution in [2.24, 2.45) is 5.14 Å². The Balaban J connectivity index is 1.67. The molecule has 0 saturated heterocycles. The smallest absolute Gasteiger partial charge is 0.306 e. The van der Waals surface area contributed by atoms with Crippen LogP contribution in [0.25, 0.3) is 0 Å². The summed E-state index contributed by atoms with van der Waals surface area (Å²) in [5.41, 5.74) is 0.329. The van der Waals surface area contributed by atoms with E-state index < -0.39 is 21.8 Å². The fourth-order valence-corrected chi connectivity index (χ4v) is 2.62. The highest BCUT2D eigenvalue weighted by molar-refractivity contribution is 7.89. The summed E-state index contributed by atoms with van der Waals surface area (Å²) in [4.78, 5) is 23.5. The lowest BCUT2D eigenvalue weighted by atomic mass is 10.1. The van der Waals surface area contributed by atoms with Crippen molar-refractivity contribution in [3.8, 4) is 5.75 Å². The summed E-state index contributed by atoms with van der Waals surface area (Å²) in [6, 6.07) is 10.5. The Morgan fingerprint density at radius 3 is 2.15 bits per heavy atom. The van der Waals surface area contributed by atoms with Crippen LogP contribution >= 0.6 is 0 Å². The number of sulfonamides is 1. The zero-order chi connectivity index (χ0) is 19.9. The summed E-state index contributed by atoms with van der Waals surface area (Å²) >= 11 is 0. The maximum atomic E-state index is 12.8. The molecule has 144 valence electrons. The third-order valence-electron chi connectivity index (χ3n) is 3.49. The van der Waals surface area contributed by atoms with E-state index in [4.69, 9.17) is 14.6 Å². The Morgan fingerprint density at radius 1 is 0.926 bits per heavy atom. The van der Waals surface area contributed by atoms with Gasteiger partial charge in [-0.3, -0.25) is 9.59 Å². The van der Waals surface area contributed by atoms with Crippen molar-refractivity contribution in [3.05, 3.63) is 59.9 Å². The zero-order valence-corrected chi connectivity index (χ0v) is 15.1. The number of hydrogen-bond donors (Lipinski definition) is 1. The van der Waals surface area contributed by atoms with Gasteiger partial charge in [0.25, 0.3) is 0 Å². The molecule has 0 radical (unpaired) electrons. The number of primary sulfonamides is 1. The Morgan fingerprint density at radius 2 is 1.56 bits per heavy atom. The maximum absolute atomic E-state index is 12.8. The minimum absolute atomic E-state index is 0.0273. The molecule has 0 aliphatic carbocycles. The van der Waals surface area contributed by atoms with Gasteiger partial charge in [-0.2, -0.15) is 0 Å². The number of halogens is 1. The Hall–Kier alpha value is -2.78. The molecular formula is C18H18FNO6S. The lowest BCUT2D eigenvalue weighted by Gasteiger charge is -2.08. The molecule has 2 N–H and O–H groups in total. The molecule has 0 atom stereocenters. The highest BCUT2D eigenvalue weighted by Crippen LogP contribution is 2.14. The number of ether oxygens (including phenoxy) is 2. The van der Waals surface area contributed by atoms with Crippen molar-refractivity contribution in [1.29, 1.82) is 0 Å². The number of carbonyl (C=O) groups excluding carboxylic acids is 2. The van der Waals surface area contributed by atoms with E-state index in [2.05, 4.69) is 0 Å². The van der Waals surface area contributed by atoms with Gasteiger partial charge in [-0.15, -0.1) is 0 Å². The molecule has 2 rings (SSSR count). The van der Waals surface area contributed by atoms with Gasteiger partial charge in [0.15, 0.2) is 5.78 Å². The van der Waals surface area contributed by atoms with Crippen molar-refractivity contribution in [2.45, 2.75) is 17.7 Å². The van der Waals surface area contributed by atoms with Crippen LogP contribution < -0.4 is 9.88 Å². The molecule has 0 saturated carbocycles. The second-order valence-corrected chi connectivity index (χ2v) is 7.08. The van der Waals surface area contributed by atoms with Gasteiger partial charge in [0, 0.05) is 12.0 Å². The predicted molar refractivity (Wildman–Crippen MR) is 94.2 cm³/mol. The van der Waals surface area contributed by atoms with Gasteiger partial charge in [0.05, 0.1) is 11.3 Å². The van der Waals surface area contributed by atoms with Crippen molar-refractivity contribution >= 4 is 21.8 Å². The van der Waals surface area contributed by atoms with Crippen LogP contribution in [0.4, 0.5) is 4.39 Å². The fraction of sp³-hybridized carbons (Fsp3) is 0.222. The molecule has 2 aromatic carbocycles. The standard InChI is InChI=1S/C18H18FNO6S/c19-14-3-1-13(2-4-14)17(21)9-10-18(22)26-12-11-25-15-5-7-16(8-6-15)27(20,23)24/h1-8H,9-12H2,(H2,20,23,24). The summed E-state index contributed by atoms with van der Waals surface area (Å²) in [6.07, 6.45) is -0.139. The predicted octanol–water partition coefficient (Wildman–Crippen LogP) is 2.06. The molecule has 27 heavy (non-hydrogen) atoms. The van der Waals surface area contributed by atoms with E-state index in [0.29, 0.717) is 11.3 Å². The third kappa shape index (κ3) is 6.80. The lowest BCUT2D eigenvalue weighted by molar-refractivity contribution is -0.144. The Kier molecular flexibility index (Phi) is 7.03. The van der Waals surface area contributed by atoms with E-state index in [1.807, 2.05) is 0 Å². The maximum Gasteiger partial charge on any atom is 0.306 e. The third-order valence-corrected chi connectivity index (χ3v) is 4.42. The molecule has 0 aliphatic heterocycles. The molecule has 0 aromatic heterocycles. The summed E-state index contributed by atoms with van der Waals surface area (Å²) in [5.74, 6) is -0.882.